The summed E-state index contributed by atoms with van der Waals surface area (Å²) in [5, 5.41) is 12.9. The predicted molar refractivity (Wildman–Crippen MR) is 70.0 cm³/mol. The number of hydrogen-bond donors (Lipinski definition) is 2. The van der Waals surface area contributed by atoms with Crippen LogP contribution in [-0.2, 0) is 15.9 Å². The molecule has 0 amide bonds. The molecule has 5 nitrogen and oxygen atoms in total. The van der Waals surface area contributed by atoms with Crippen LogP contribution in [0.3, 0.4) is 0 Å². The van der Waals surface area contributed by atoms with E-state index in [9.17, 15) is 5.11 Å². The molecule has 1 atom stereocenters. The molecule has 0 saturated carbocycles. The van der Waals surface area contributed by atoms with Crippen molar-refractivity contribution in [1.82, 2.24) is 10.3 Å². The van der Waals surface area contributed by atoms with Gasteiger partial charge in [-0.1, -0.05) is 0 Å². The molecule has 2 N–H and O–H groups in total. The van der Waals surface area contributed by atoms with E-state index in [-0.39, 0.29) is 0 Å². The monoisotopic (exact) mass is 272 g/mol. The number of thiazole rings is 1. The van der Waals surface area contributed by atoms with Gasteiger partial charge in [-0.05, 0) is 6.92 Å². The van der Waals surface area contributed by atoms with E-state index in [4.69, 9.17) is 9.47 Å². The van der Waals surface area contributed by atoms with Crippen LogP contribution in [0.2, 0.25) is 0 Å². The second-order valence-electron chi connectivity index (χ2n) is 4.48. The van der Waals surface area contributed by atoms with E-state index in [1.807, 2.05) is 12.4 Å². The summed E-state index contributed by atoms with van der Waals surface area (Å²) in [7, 11) is 0. The zero-order valence-electron chi connectivity index (χ0n) is 10.6. The van der Waals surface area contributed by atoms with Crippen molar-refractivity contribution in [2.75, 3.05) is 33.0 Å². The average molecular weight is 272 g/mol. The minimum absolute atomic E-state index is 0.373. The summed E-state index contributed by atoms with van der Waals surface area (Å²) in [6, 6.07) is 0.402. The van der Waals surface area contributed by atoms with Gasteiger partial charge in [-0.15, -0.1) is 11.3 Å². The highest BCUT2D eigenvalue weighted by Crippen LogP contribution is 2.12. The molecule has 1 unspecified atom stereocenters. The Morgan fingerprint density at radius 1 is 1.67 bits per heavy atom. The minimum Gasteiger partial charge on any atom is -0.389 e. The van der Waals surface area contributed by atoms with Crippen LogP contribution in [0.1, 0.15) is 10.6 Å². The van der Waals surface area contributed by atoms with E-state index in [0.717, 1.165) is 25.3 Å². The topological polar surface area (TPSA) is 63.6 Å². The lowest BCUT2D eigenvalue weighted by atomic mass is 10.2. The fourth-order valence-corrected chi connectivity index (χ4v) is 2.43. The van der Waals surface area contributed by atoms with Crippen LogP contribution in [0.5, 0.6) is 0 Å². The number of rotatable bonds is 8. The fraction of sp³-hybridized carbons (Fsp3) is 0.750. The van der Waals surface area contributed by atoms with Crippen molar-refractivity contribution in [1.29, 1.82) is 0 Å². The molecular weight excluding hydrogens is 252 g/mol. The molecule has 0 bridgehead atoms. The number of aliphatic hydroxyl groups is 1. The van der Waals surface area contributed by atoms with Crippen LogP contribution in [0, 0.1) is 6.92 Å². The van der Waals surface area contributed by atoms with Gasteiger partial charge in [0, 0.05) is 17.8 Å². The van der Waals surface area contributed by atoms with E-state index in [2.05, 4.69) is 10.3 Å². The van der Waals surface area contributed by atoms with Gasteiger partial charge in [-0.2, -0.15) is 0 Å². The van der Waals surface area contributed by atoms with Crippen LogP contribution in [0.4, 0.5) is 0 Å². The van der Waals surface area contributed by atoms with E-state index >= 15 is 0 Å². The first kappa shape index (κ1) is 13.9. The van der Waals surface area contributed by atoms with Gasteiger partial charge in [0.1, 0.15) is 0 Å². The summed E-state index contributed by atoms with van der Waals surface area (Å²) >= 11 is 1.65. The molecule has 1 aliphatic heterocycles. The van der Waals surface area contributed by atoms with E-state index in [0.29, 0.717) is 25.8 Å². The van der Waals surface area contributed by atoms with Crippen molar-refractivity contribution in [3.8, 4) is 0 Å². The SMILES string of the molecule is Cc1ncsc1CCOCC(O)CNC1COC1. The molecule has 2 rings (SSSR count). The first-order chi connectivity index (χ1) is 8.75. The third kappa shape index (κ3) is 4.29. The summed E-state index contributed by atoms with van der Waals surface area (Å²) in [4.78, 5) is 5.45. The zero-order chi connectivity index (χ0) is 12.8. The smallest absolute Gasteiger partial charge is 0.0897 e. The number of ether oxygens (including phenoxy) is 2. The van der Waals surface area contributed by atoms with Crippen molar-refractivity contribution in [2.24, 2.45) is 0 Å². The van der Waals surface area contributed by atoms with Gasteiger partial charge in [-0.3, -0.25) is 0 Å². The van der Waals surface area contributed by atoms with Crippen molar-refractivity contribution in [3.63, 3.8) is 0 Å². The van der Waals surface area contributed by atoms with Crippen molar-refractivity contribution < 1.29 is 14.6 Å². The lowest BCUT2D eigenvalue weighted by Gasteiger charge is -2.27. The Kier molecular flexibility index (Phi) is 5.52. The zero-order valence-corrected chi connectivity index (χ0v) is 11.4. The maximum Gasteiger partial charge on any atom is 0.0897 e. The Morgan fingerprint density at radius 2 is 2.50 bits per heavy atom. The van der Waals surface area contributed by atoms with E-state index < -0.39 is 6.10 Å². The van der Waals surface area contributed by atoms with Gasteiger partial charge in [0.2, 0.25) is 0 Å². The maximum atomic E-state index is 9.69. The Morgan fingerprint density at radius 3 is 3.11 bits per heavy atom. The molecule has 0 spiro atoms. The highest BCUT2D eigenvalue weighted by Gasteiger charge is 2.18. The summed E-state index contributed by atoms with van der Waals surface area (Å²) in [5.74, 6) is 0. The number of aryl methyl sites for hydroxylation is 1. The van der Waals surface area contributed by atoms with Gasteiger partial charge in [0.15, 0.2) is 0 Å². The molecule has 2 heterocycles. The summed E-state index contributed by atoms with van der Waals surface area (Å²) in [6.45, 7) is 5.07. The number of nitrogens with zero attached hydrogens (tertiary/aromatic N) is 1. The highest BCUT2D eigenvalue weighted by molar-refractivity contribution is 7.09. The number of aromatic nitrogens is 1. The molecule has 1 fully saturated rings. The summed E-state index contributed by atoms with van der Waals surface area (Å²) in [6.07, 6.45) is 0.417. The van der Waals surface area contributed by atoms with Crippen molar-refractivity contribution in [3.05, 3.63) is 16.1 Å². The quantitative estimate of drug-likeness (QED) is 0.669. The van der Waals surface area contributed by atoms with Gasteiger partial charge >= 0.3 is 0 Å². The minimum atomic E-state index is -0.451. The van der Waals surface area contributed by atoms with Crippen LogP contribution < -0.4 is 5.32 Å². The lowest BCUT2D eigenvalue weighted by Crippen LogP contribution is -2.48. The van der Waals surface area contributed by atoms with Gasteiger partial charge < -0.3 is 19.9 Å². The normalized spacial score (nSPS) is 17.7. The summed E-state index contributed by atoms with van der Waals surface area (Å²) < 4.78 is 10.5. The summed E-state index contributed by atoms with van der Waals surface area (Å²) in [5.41, 5.74) is 2.93. The lowest BCUT2D eigenvalue weighted by molar-refractivity contribution is -0.0168. The molecule has 102 valence electrons. The first-order valence-electron chi connectivity index (χ1n) is 6.21. The van der Waals surface area contributed by atoms with Crippen LogP contribution in [-0.4, -0.2) is 55.2 Å². The number of hydrogen-bond acceptors (Lipinski definition) is 6. The third-order valence-electron chi connectivity index (χ3n) is 2.91. The molecule has 1 aromatic rings. The third-order valence-corrected chi connectivity index (χ3v) is 3.90. The van der Waals surface area contributed by atoms with Crippen molar-refractivity contribution in [2.45, 2.75) is 25.5 Å². The predicted octanol–water partition coefficient (Wildman–Crippen LogP) is 0.360. The van der Waals surface area contributed by atoms with Gasteiger partial charge in [0.05, 0.1) is 49.8 Å². The molecule has 1 aliphatic rings. The van der Waals surface area contributed by atoms with Crippen LogP contribution in [0.25, 0.3) is 0 Å². The fourth-order valence-electron chi connectivity index (χ4n) is 1.67. The molecule has 1 saturated heterocycles. The number of nitrogens with one attached hydrogen (secondary N) is 1. The number of aliphatic hydroxyl groups excluding tert-OH is 1. The average Bonchev–Trinajstić information content (AvgIpc) is 2.68. The highest BCUT2D eigenvalue weighted by atomic mass is 32.1. The van der Waals surface area contributed by atoms with E-state index in [1.165, 1.54) is 4.88 Å². The molecular formula is C12H20N2O3S. The maximum absolute atomic E-state index is 9.69. The van der Waals surface area contributed by atoms with Gasteiger partial charge in [-0.25, -0.2) is 4.98 Å². The Bertz CT molecular complexity index is 355. The standard InChI is InChI=1S/C12H20N2O3S/c1-9-12(18-8-14-9)2-3-16-7-11(15)4-13-10-5-17-6-10/h8,10-11,13,15H,2-7H2,1H3. The Balaban J connectivity index is 1.50. The van der Waals surface area contributed by atoms with Crippen molar-refractivity contribution >= 4 is 11.3 Å². The largest absolute Gasteiger partial charge is 0.389 e. The second kappa shape index (κ2) is 7.16. The van der Waals surface area contributed by atoms with E-state index in [1.54, 1.807) is 11.3 Å². The molecule has 6 heteroatoms. The second-order valence-corrected chi connectivity index (χ2v) is 5.42. The molecule has 0 radical (unpaired) electrons. The molecule has 1 aromatic heterocycles. The molecule has 0 aliphatic carbocycles. The molecule has 18 heavy (non-hydrogen) atoms. The first-order valence-corrected chi connectivity index (χ1v) is 7.09. The van der Waals surface area contributed by atoms with Crippen LogP contribution >= 0.6 is 11.3 Å². The Hall–Kier alpha value is -0.530. The Labute approximate surface area is 111 Å². The van der Waals surface area contributed by atoms with Gasteiger partial charge in [0.25, 0.3) is 0 Å². The molecule has 0 aromatic carbocycles. The van der Waals surface area contributed by atoms with Crippen LogP contribution in [0.15, 0.2) is 5.51 Å².